The molecular formula is C23H26N4O2. The lowest BCUT2D eigenvalue weighted by atomic mass is 10.1. The fraction of sp³-hybridized carbons (Fsp3) is 0.304. The maximum absolute atomic E-state index is 10.6. The fourth-order valence-corrected chi connectivity index (χ4v) is 3.71. The van der Waals surface area contributed by atoms with Crippen LogP contribution in [0.25, 0.3) is 11.3 Å². The van der Waals surface area contributed by atoms with Crippen LogP contribution in [0.1, 0.15) is 11.7 Å². The Morgan fingerprint density at radius 3 is 2.55 bits per heavy atom. The van der Waals surface area contributed by atoms with E-state index in [1.807, 2.05) is 60.9 Å². The van der Waals surface area contributed by atoms with Crippen LogP contribution >= 0.6 is 0 Å². The predicted octanol–water partition coefficient (Wildman–Crippen LogP) is 3.01. The number of aliphatic hydroxyl groups excluding tert-OH is 1. The number of nitrogens with zero attached hydrogens (tertiary/aromatic N) is 4. The van der Waals surface area contributed by atoms with E-state index in [1.165, 1.54) is 0 Å². The molecule has 1 aliphatic rings. The summed E-state index contributed by atoms with van der Waals surface area (Å²) in [6, 6.07) is 17.6. The smallest absolute Gasteiger partial charge is 0.138 e. The van der Waals surface area contributed by atoms with Gasteiger partial charge in [0.25, 0.3) is 0 Å². The van der Waals surface area contributed by atoms with Gasteiger partial charge in [-0.05, 0) is 42.0 Å². The number of hydrogen-bond acceptors (Lipinski definition) is 6. The molecule has 6 nitrogen and oxygen atoms in total. The molecule has 29 heavy (non-hydrogen) atoms. The lowest BCUT2D eigenvalue weighted by Crippen LogP contribution is -2.48. The van der Waals surface area contributed by atoms with Gasteiger partial charge in [0, 0.05) is 50.7 Å². The molecule has 150 valence electrons. The van der Waals surface area contributed by atoms with Crippen molar-refractivity contribution in [1.29, 1.82) is 0 Å². The van der Waals surface area contributed by atoms with Crippen molar-refractivity contribution in [3.05, 3.63) is 72.6 Å². The number of methoxy groups -OCH3 is 1. The Balaban J connectivity index is 1.40. The van der Waals surface area contributed by atoms with Gasteiger partial charge in [-0.2, -0.15) is 0 Å². The Morgan fingerprint density at radius 2 is 1.79 bits per heavy atom. The number of hydrogen-bond donors (Lipinski definition) is 1. The van der Waals surface area contributed by atoms with Gasteiger partial charge in [-0.15, -0.1) is 0 Å². The molecule has 1 aromatic carbocycles. The Morgan fingerprint density at radius 1 is 0.966 bits per heavy atom. The standard InChI is InChI=1S/C23H26N4O2/c1-29-19-7-4-6-18(16-19)22(28)17-26-12-14-27(15-13-26)23-20(8-5-11-25-23)21-9-2-3-10-24-21/h2-11,16,22,28H,12-15,17H2,1H3. The van der Waals surface area contributed by atoms with Gasteiger partial charge in [0.15, 0.2) is 0 Å². The second-order valence-electron chi connectivity index (χ2n) is 7.17. The number of pyridine rings is 2. The molecule has 1 atom stereocenters. The molecule has 3 aromatic rings. The van der Waals surface area contributed by atoms with E-state index < -0.39 is 6.10 Å². The number of aliphatic hydroxyl groups is 1. The van der Waals surface area contributed by atoms with Crippen LogP contribution in [-0.4, -0.2) is 59.8 Å². The molecule has 3 heterocycles. The zero-order valence-electron chi connectivity index (χ0n) is 16.6. The van der Waals surface area contributed by atoms with Crippen molar-refractivity contribution in [2.75, 3.05) is 44.7 Å². The van der Waals surface area contributed by atoms with Crippen LogP contribution in [0.2, 0.25) is 0 Å². The van der Waals surface area contributed by atoms with E-state index in [4.69, 9.17) is 4.74 Å². The number of anilines is 1. The molecule has 0 radical (unpaired) electrons. The second-order valence-corrected chi connectivity index (χ2v) is 7.17. The van der Waals surface area contributed by atoms with Crippen molar-refractivity contribution in [3.63, 3.8) is 0 Å². The number of piperazine rings is 1. The van der Waals surface area contributed by atoms with E-state index in [9.17, 15) is 5.11 Å². The predicted molar refractivity (Wildman–Crippen MR) is 114 cm³/mol. The van der Waals surface area contributed by atoms with Crippen molar-refractivity contribution >= 4 is 5.82 Å². The third-order valence-electron chi connectivity index (χ3n) is 5.31. The van der Waals surface area contributed by atoms with Crippen LogP contribution in [0.5, 0.6) is 5.75 Å². The van der Waals surface area contributed by atoms with Gasteiger partial charge in [0.2, 0.25) is 0 Å². The normalized spacial score (nSPS) is 15.9. The van der Waals surface area contributed by atoms with E-state index in [1.54, 1.807) is 7.11 Å². The summed E-state index contributed by atoms with van der Waals surface area (Å²) in [6.07, 6.45) is 3.11. The molecular weight excluding hydrogens is 364 g/mol. The number of benzene rings is 1. The van der Waals surface area contributed by atoms with Crippen LogP contribution in [0, 0.1) is 0 Å². The van der Waals surface area contributed by atoms with Crippen molar-refractivity contribution in [2.24, 2.45) is 0 Å². The molecule has 6 heteroatoms. The molecule has 2 aromatic heterocycles. The minimum Gasteiger partial charge on any atom is -0.497 e. The first-order valence-electron chi connectivity index (χ1n) is 9.90. The molecule has 0 saturated carbocycles. The van der Waals surface area contributed by atoms with Gasteiger partial charge in [0.05, 0.1) is 18.9 Å². The van der Waals surface area contributed by atoms with E-state index in [-0.39, 0.29) is 0 Å². The van der Waals surface area contributed by atoms with Gasteiger partial charge in [0.1, 0.15) is 11.6 Å². The molecule has 0 aliphatic carbocycles. The van der Waals surface area contributed by atoms with Gasteiger partial charge in [-0.1, -0.05) is 18.2 Å². The third kappa shape index (κ3) is 4.55. The molecule has 1 saturated heterocycles. The molecule has 0 spiro atoms. The van der Waals surface area contributed by atoms with Crippen LogP contribution in [0.3, 0.4) is 0 Å². The van der Waals surface area contributed by atoms with Crippen molar-refractivity contribution in [2.45, 2.75) is 6.10 Å². The zero-order chi connectivity index (χ0) is 20.1. The summed E-state index contributed by atoms with van der Waals surface area (Å²) in [7, 11) is 1.64. The highest BCUT2D eigenvalue weighted by Crippen LogP contribution is 2.28. The van der Waals surface area contributed by atoms with Crippen molar-refractivity contribution in [3.8, 4) is 17.0 Å². The quantitative estimate of drug-likeness (QED) is 0.698. The van der Waals surface area contributed by atoms with Crippen LogP contribution in [-0.2, 0) is 0 Å². The minimum atomic E-state index is -0.532. The molecule has 0 bridgehead atoms. The van der Waals surface area contributed by atoms with E-state index in [0.717, 1.165) is 54.6 Å². The van der Waals surface area contributed by atoms with Gasteiger partial charge >= 0.3 is 0 Å². The number of β-amino-alcohol motifs (C(OH)–C–C–N with tert-alkyl or cyclic N) is 1. The summed E-state index contributed by atoms with van der Waals surface area (Å²) in [6.45, 7) is 4.08. The first-order valence-corrected chi connectivity index (χ1v) is 9.90. The molecule has 1 aliphatic heterocycles. The van der Waals surface area contributed by atoms with Gasteiger partial charge < -0.3 is 14.7 Å². The lowest BCUT2D eigenvalue weighted by molar-refractivity contribution is 0.109. The highest BCUT2D eigenvalue weighted by atomic mass is 16.5. The summed E-state index contributed by atoms with van der Waals surface area (Å²) >= 11 is 0. The van der Waals surface area contributed by atoms with Gasteiger partial charge in [-0.3, -0.25) is 9.88 Å². The first kappa shape index (κ1) is 19.4. The maximum Gasteiger partial charge on any atom is 0.138 e. The summed E-state index contributed by atoms with van der Waals surface area (Å²) < 4.78 is 5.26. The van der Waals surface area contributed by atoms with Gasteiger partial charge in [-0.25, -0.2) is 4.98 Å². The Hall–Kier alpha value is -2.96. The Kier molecular flexibility index (Phi) is 6.03. The first-order chi connectivity index (χ1) is 14.2. The summed E-state index contributed by atoms with van der Waals surface area (Å²) in [4.78, 5) is 13.7. The molecule has 1 fully saturated rings. The summed E-state index contributed by atoms with van der Waals surface area (Å²) in [5, 5.41) is 10.6. The number of rotatable bonds is 6. The molecule has 1 N–H and O–H groups in total. The largest absolute Gasteiger partial charge is 0.497 e. The highest BCUT2D eigenvalue weighted by molar-refractivity contribution is 5.73. The van der Waals surface area contributed by atoms with E-state index >= 15 is 0 Å². The molecule has 1 unspecified atom stereocenters. The third-order valence-corrected chi connectivity index (χ3v) is 5.31. The lowest BCUT2D eigenvalue weighted by Gasteiger charge is -2.37. The molecule has 0 amide bonds. The van der Waals surface area contributed by atoms with Crippen LogP contribution < -0.4 is 9.64 Å². The topological polar surface area (TPSA) is 61.7 Å². The van der Waals surface area contributed by atoms with E-state index in [0.29, 0.717) is 6.54 Å². The van der Waals surface area contributed by atoms with Crippen molar-refractivity contribution < 1.29 is 9.84 Å². The average molecular weight is 390 g/mol. The Bertz CT molecular complexity index is 927. The average Bonchev–Trinajstić information content (AvgIpc) is 2.80. The fourth-order valence-electron chi connectivity index (χ4n) is 3.71. The molecule has 4 rings (SSSR count). The minimum absolute atomic E-state index is 0.532. The SMILES string of the molecule is COc1cccc(C(O)CN2CCN(c3ncccc3-c3ccccn3)CC2)c1. The van der Waals surface area contributed by atoms with Crippen LogP contribution in [0.15, 0.2) is 67.0 Å². The number of aromatic nitrogens is 2. The second kappa shape index (κ2) is 9.03. The summed E-state index contributed by atoms with van der Waals surface area (Å²) in [5.74, 6) is 1.74. The monoisotopic (exact) mass is 390 g/mol. The zero-order valence-corrected chi connectivity index (χ0v) is 16.6. The maximum atomic E-state index is 10.6. The van der Waals surface area contributed by atoms with E-state index in [2.05, 4.69) is 25.8 Å². The van der Waals surface area contributed by atoms with Crippen molar-refractivity contribution in [1.82, 2.24) is 14.9 Å². The summed E-state index contributed by atoms with van der Waals surface area (Å²) in [5.41, 5.74) is 2.87. The van der Waals surface area contributed by atoms with Crippen LogP contribution in [0.4, 0.5) is 5.82 Å². The Labute approximate surface area is 171 Å². The highest BCUT2D eigenvalue weighted by Gasteiger charge is 2.23. The number of ether oxygens (including phenoxy) is 1.